The molecule has 0 saturated carbocycles. The minimum atomic E-state index is -0.827. The Labute approximate surface area is 116 Å². The Balaban J connectivity index is 1.75. The van der Waals surface area contributed by atoms with Crippen LogP contribution >= 0.6 is 11.8 Å². The molecule has 2 bridgehead atoms. The van der Waals surface area contributed by atoms with Crippen molar-refractivity contribution in [3.63, 3.8) is 0 Å². The summed E-state index contributed by atoms with van der Waals surface area (Å²) in [5.41, 5.74) is -0.0583. The highest BCUT2D eigenvalue weighted by molar-refractivity contribution is 8.00. The van der Waals surface area contributed by atoms with E-state index >= 15 is 0 Å². The highest BCUT2D eigenvalue weighted by Crippen LogP contribution is 2.46. The zero-order chi connectivity index (χ0) is 13.5. The lowest BCUT2D eigenvalue weighted by molar-refractivity contribution is 0.0129. The number of aliphatic hydroxyl groups is 1. The molecule has 1 N–H and O–H groups in total. The van der Waals surface area contributed by atoms with E-state index in [0.717, 1.165) is 18.9 Å². The summed E-state index contributed by atoms with van der Waals surface area (Å²) in [5, 5.41) is 11.8. The molecule has 0 spiro atoms. The summed E-state index contributed by atoms with van der Waals surface area (Å²) < 4.78 is 26.1. The molecule has 0 aliphatic carbocycles. The second kappa shape index (κ2) is 5.06. The molecule has 2 saturated heterocycles. The van der Waals surface area contributed by atoms with Crippen molar-refractivity contribution in [2.45, 2.75) is 54.6 Å². The first-order chi connectivity index (χ1) is 9.04. The molecule has 0 amide bonds. The van der Waals surface area contributed by atoms with E-state index in [1.807, 2.05) is 11.8 Å². The van der Waals surface area contributed by atoms with Crippen LogP contribution in [0.5, 0.6) is 0 Å². The predicted octanol–water partition coefficient (Wildman–Crippen LogP) is 3.69. The number of rotatable bonds is 2. The maximum absolute atomic E-state index is 13.2. The number of benzene rings is 1. The molecule has 1 aromatic rings. The van der Waals surface area contributed by atoms with Crippen molar-refractivity contribution in [2.75, 3.05) is 0 Å². The van der Waals surface area contributed by atoms with E-state index in [4.69, 9.17) is 0 Å². The molecule has 3 rings (SSSR count). The van der Waals surface area contributed by atoms with E-state index in [-0.39, 0.29) is 0 Å². The van der Waals surface area contributed by atoms with E-state index < -0.39 is 17.2 Å². The zero-order valence-electron chi connectivity index (χ0n) is 10.7. The van der Waals surface area contributed by atoms with Gasteiger partial charge in [0, 0.05) is 16.9 Å². The molecule has 2 atom stereocenters. The van der Waals surface area contributed by atoms with Crippen molar-refractivity contribution in [1.29, 1.82) is 0 Å². The highest BCUT2D eigenvalue weighted by Gasteiger charge is 2.41. The van der Waals surface area contributed by atoms with E-state index in [9.17, 15) is 13.9 Å². The lowest BCUT2D eigenvalue weighted by Crippen LogP contribution is -2.44. The number of halogens is 2. The Bertz CT molecular complexity index is 465. The molecule has 2 fully saturated rings. The first kappa shape index (κ1) is 13.4. The van der Waals surface area contributed by atoms with E-state index in [0.29, 0.717) is 22.5 Å². The van der Waals surface area contributed by atoms with Gasteiger partial charge in [-0.1, -0.05) is 12.5 Å². The van der Waals surface area contributed by atoms with Crippen molar-refractivity contribution in [2.24, 2.45) is 0 Å². The van der Waals surface area contributed by atoms with Crippen LogP contribution in [0.3, 0.4) is 0 Å². The third kappa shape index (κ3) is 2.95. The molecule has 4 heteroatoms. The van der Waals surface area contributed by atoms with Crippen LogP contribution in [0.4, 0.5) is 8.78 Å². The first-order valence-corrected chi connectivity index (χ1v) is 7.80. The molecule has 0 radical (unpaired) electrons. The molecule has 0 aromatic heterocycles. The summed E-state index contributed by atoms with van der Waals surface area (Å²) in [6.07, 6.45) is 5.56. The minimum Gasteiger partial charge on any atom is -0.389 e. The van der Waals surface area contributed by atoms with Gasteiger partial charge < -0.3 is 5.11 Å². The summed E-state index contributed by atoms with van der Waals surface area (Å²) in [7, 11) is 0. The predicted molar refractivity (Wildman–Crippen MR) is 73.3 cm³/mol. The minimum absolute atomic E-state index is 0.428. The lowest BCUT2D eigenvalue weighted by Gasteiger charge is -2.44. The number of thioether (sulfide) groups is 1. The molecule has 104 valence electrons. The van der Waals surface area contributed by atoms with Gasteiger partial charge in [-0.25, -0.2) is 8.78 Å². The van der Waals surface area contributed by atoms with Crippen LogP contribution in [-0.2, 0) is 6.42 Å². The average Bonchev–Trinajstić information content (AvgIpc) is 2.33. The van der Waals surface area contributed by atoms with Gasteiger partial charge in [0.1, 0.15) is 0 Å². The van der Waals surface area contributed by atoms with Crippen molar-refractivity contribution in [3.8, 4) is 0 Å². The van der Waals surface area contributed by atoms with Crippen LogP contribution in [0.25, 0.3) is 0 Å². The Kier molecular flexibility index (Phi) is 3.56. The zero-order valence-corrected chi connectivity index (χ0v) is 11.6. The first-order valence-electron chi connectivity index (χ1n) is 6.86. The van der Waals surface area contributed by atoms with E-state index in [1.54, 1.807) is 6.07 Å². The van der Waals surface area contributed by atoms with Gasteiger partial charge in [-0.15, -0.1) is 0 Å². The summed E-state index contributed by atoms with van der Waals surface area (Å²) in [6.45, 7) is 0. The Morgan fingerprint density at radius 3 is 2.47 bits per heavy atom. The normalized spacial score (nSPS) is 34.3. The van der Waals surface area contributed by atoms with Gasteiger partial charge in [0.15, 0.2) is 11.6 Å². The standard InChI is InChI=1S/C15H18F2OS/c16-13-5-4-10(6-14(13)17)7-15(18)8-11-2-1-3-12(9-15)19-11/h4-6,11-12,18H,1-3,7-9H2. The smallest absolute Gasteiger partial charge is 0.159 e. The van der Waals surface area contributed by atoms with Crippen molar-refractivity contribution < 1.29 is 13.9 Å². The molecule has 19 heavy (non-hydrogen) atoms. The van der Waals surface area contributed by atoms with Crippen LogP contribution in [-0.4, -0.2) is 21.2 Å². The summed E-state index contributed by atoms with van der Waals surface area (Å²) >= 11 is 2.00. The lowest BCUT2D eigenvalue weighted by atomic mass is 9.81. The van der Waals surface area contributed by atoms with Gasteiger partial charge in [0.05, 0.1) is 5.60 Å². The van der Waals surface area contributed by atoms with Gasteiger partial charge in [0.25, 0.3) is 0 Å². The molecule has 2 aliphatic heterocycles. The molecular formula is C15H18F2OS. The monoisotopic (exact) mass is 284 g/mol. The van der Waals surface area contributed by atoms with Gasteiger partial charge in [-0.3, -0.25) is 0 Å². The molecule has 1 aromatic carbocycles. The number of hydrogen-bond donors (Lipinski definition) is 1. The Morgan fingerprint density at radius 1 is 1.16 bits per heavy atom. The second-order valence-electron chi connectivity index (χ2n) is 5.87. The quantitative estimate of drug-likeness (QED) is 0.894. The van der Waals surface area contributed by atoms with Crippen LogP contribution < -0.4 is 0 Å². The third-order valence-corrected chi connectivity index (χ3v) is 5.74. The Morgan fingerprint density at radius 2 is 1.84 bits per heavy atom. The third-order valence-electron chi connectivity index (χ3n) is 4.17. The van der Waals surface area contributed by atoms with Crippen molar-refractivity contribution in [3.05, 3.63) is 35.4 Å². The van der Waals surface area contributed by atoms with E-state index in [1.165, 1.54) is 25.3 Å². The highest BCUT2D eigenvalue weighted by atomic mass is 32.2. The topological polar surface area (TPSA) is 20.2 Å². The van der Waals surface area contributed by atoms with Crippen LogP contribution in [0.15, 0.2) is 18.2 Å². The summed E-state index contributed by atoms with van der Waals surface area (Å²) in [4.78, 5) is 0. The largest absolute Gasteiger partial charge is 0.389 e. The fraction of sp³-hybridized carbons (Fsp3) is 0.600. The van der Waals surface area contributed by atoms with Gasteiger partial charge in [0.2, 0.25) is 0 Å². The molecule has 2 unspecified atom stereocenters. The van der Waals surface area contributed by atoms with Gasteiger partial charge in [-0.2, -0.15) is 11.8 Å². The molecule has 2 aliphatic rings. The summed E-state index contributed by atoms with van der Waals surface area (Å²) in [5.74, 6) is -1.65. The molecular weight excluding hydrogens is 266 g/mol. The Hall–Kier alpha value is -0.610. The van der Waals surface area contributed by atoms with Crippen LogP contribution in [0, 0.1) is 11.6 Å². The number of fused-ring (bicyclic) bond motifs is 2. The summed E-state index contributed by atoms with van der Waals surface area (Å²) in [6, 6.07) is 3.94. The second-order valence-corrected chi connectivity index (χ2v) is 7.47. The van der Waals surface area contributed by atoms with Crippen LogP contribution in [0.2, 0.25) is 0 Å². The SMILES string of the molecule is OC1(Cc2ccc(F)c(F)c2)CC2CCCC(C1)S2. The van der Waals surface area contributed by atoms with Crippen molar-refractivity contribution >= 4 is 11.8 Å². The maximum Gasteiger partial charge on any atom is 0.159 e. The van der Waals surface area contributed by atoms with Crippen molar-refractivity contribution in [1.82, 2.24) is 0 Å². The number of hydrogen-bond acceptors (Lipinski definition) is 2. The van der Waals surface area contributed by atoms with Crippen LogP contribution in [0.1, 0.15) is 37.7 Å². The van der Waals surface area contributed by atoms with E-state index in [2.05, 4.69) is 0 Å². The fourth-order valence-electron chi connectivity index (χ4n) is 3.39. The maximum atomic E-state index is 13.2. The van der Waals surface area contributed by atoms with Gasteiger partial charge in [-0.05, 0) is 43.4 Å². The molecule has 1 nitrogen and oxygen atoms in total. The van der Waals surface area contributed by atoms with Gasteiger partial charge >= 0.3 is 0 Å². The average molecular weight is 284 g/mol. The fourth-order valence-corrected chi connectivity index (χ4v) is 5.35. The molecule has 2 heterocycles.